The fourth-order valence-electron chi connectivity index (χ4n) is 3.64. The highest BCUT2D eigenvalue weighted by molar-refractivity contribution is 7.94. The van der Waals surface area contributed by atoms with Gasteiger partial charge < -0.3 is 0 Å². The van der Waals surface area contributed by atoms with Gasteiger partial charge in [-0.2, -0.15) is 0 Å². The van der Waals surface area contributed by atoms with Crippen molar-refractivity contribution in [2.24, 2.45) is 10.9 Å². The Bertz CT molecular complexity index is 887. The highest BCUT2D eigenvalue weighted by atomic mass is 35.5. The van der Waals surface area contributed by atoms with Crippen LogP contribution in [0.1, 0.15) is 37.7 Å². The van der Waals surface area contributed by atoms with Crippen LogP contribution in [0.4, 0.5) is 0 Å². The quantitative estimate of drug-likeness (QED) is 0.766. The van der Waals surface area contributed by atoms with Crippen LogP contribution in [0, 0.1) is 5.92 Å². The van der Waals surface area contributed by atoms with Crippen molar-refractivity contribution < 1.29 is 13.2 Å². The molecule has 1 fully saturated rings. The van der Waals surface area contributed by atoms with Crippen molar-refractivity contribution in [1.29, 1.82) is 0 Å². The molecule has 4 nitrogen and oxygen atoms in total. The first kappa shape index (κ1) is 17.6. The van der Waals surface area contributed by atoms with Crippen molar-refractivity contribution in [3.05, 3.63) is 44.4 Å². The van der Waals surface area contributed by atoms with Gasteiger partial charge in [0.15, 0.2) is 9.84 Å². The summed E-state index contributed by atoms with van der Waals surface area (Å²) in [6.07, 6.45) is 3.06. The van der Waals surface area contributed by atoms with Gasteiger partial charge in [-0.3, -0.25) is 9.79 Å². The molecule has 1 saturated carbocycles. The molecule has 24 heavy (non-hydrogen) atoms. The maximum atomic E-state index is 12.6. The minimum atomic E-state index is -3.53. The minimum absolute atomic E-state index is 0.0322. The molecule has 0 bridgehead atoms. The Morgan fingerprint density at radius 3 is 2.46 bits per heavy atom. The number of rotatable bonds is 2. The van der Waals surface area contributed by atoms with Crippen LogP contribution in [0.2, 0.25) is 10.0 Å². The average molecular weight is 386 g/mol. The topological polar surface area (TPSA) is 63.6 Å². The Hall–Kier alpha value is -1.17. The summed E-state index contributed by atoms with van der Waals surface area (Å²) in [5.74, 6) is -1.09. The number of nitrogens with zero attached hydrogens (tertiary/aromatic N) is 1. The molecule has 0 radical (unpaired) electrons. The van der Waals surface area contributed by atoms with Crippen LogP contribution in [0.5, 0.6) is 0 Å². The number of halogens is 2. The first-order valence-electron chi connectivity index (χ1n) is 7.66. The average Bonchev–Trinajstić information content (AvgIpc) is 2.47. The van der Waals surface area contributed by atoms with Gasteiger partial charge in [-0.1, -0.05) is 29.3 Å². The third-order valence-electron chi connectivity index (χ3n) is 4.55. The molecule has 1 heterocycles. The van der Waals surface area contributed by atoms with E-state index >= 15 is 0 Å². The number of aliphatic imine (C=N–C) groups is 1. The third kappa shape index (κ3) is 3.05. The van der Waals surface area contributed by atoms with E-state index in [1.807, 2.05) is 0 Å². The highest BCUT2D eigenvalue weighted by Gasteiger charge is 2.44. The van der Waals surface area contributed by atoms with Gasteiger partial charge in [0, 0.05) is 24.3 Å². The molecule has 128 valence electrons. The van der Waals surface area contributed by atoms with Gasteiger partial charge in [0.25, 0.3) is 0 Å². The molecule has 0 spiro atoms. The minimum Gasteiger partial charge on any atom is -0.299 e. The number of hydrogen-bond donors (Lipinski definition) is 0. The third-order valence-corrected chi connectivity index (χ3v) is 6.64. The lowest BCUT2D eigenvalue weighted by Crippen LogP contribution is -2.38. The maximum Gasteiger partial charge on any atom is 0.174 e. The van der Waals surface area contributed by atoms with Gasteiger partial charge in [-0.15, -0.1) is 0 Å². The normalized spacial score (nSPS) is 24.7. The molecule has 0 amide bonds. The Morgan fingerprint density at radius 1 is 1.12 bits per heavy atom. The lowest BCUT2D eigenvalue weighted by Gasteiger charge is -2.35. The van der Waals surface area contributed by atoms with Crippen molar-refractivity contribution in [2.45, 2.75) is 32.1 Å². The smallest absolute Gasteiger partial charge is 0.174 e. The molecule has 0 N–H and O–H groups in total. The number of hydrogen-bond acceptors (Lipinski definition) is 4. The van der Waals surface area contributed by atoms with Gasteiger partial charge in [0.2, 0.25) is 0 Å². The van der Waals surface area contributed by atoms with E-state index in [2.05, 4.69) is 4.99 Å². The second-order valence-corrected chi connectivity index (χ2v) is 9.07. The number of allylic oxidation sites excluding steroid dienone is 2. The van der Waals surface area contributed by atoms with Gasteiger partial charge >= 0.3 is 0 Å². The van der Waals surface area contributed by atoms with Crippen LogP contribution in [0.3, 0.4) is 0 Å². The summed E-state index contributed by atoms with van der Waals surface area (Å²) >= 11 is 12.1. The van der Waals surface area contributed by atoms with Gasteiger partial charge in [-0.25, -0.2) is 8.42 Å². The molecule has 1 aromatic carbocycles. The summed E-state index contributed by atoms with van der Waals surface area (Å²) < 4.78 is 24.8. The van der Waals surface area contributed by atoms with Crippen molar-refractivity contribution in [3.63, 3.8) is 0 Å². The van der Waals surface area contributed by atoms with E-state index < -0.39 is 21.7 Å². The molecule has 0 saturated heterocycles. The second kappa shape index (κ2) is 6.28. The molecule has 7 heteroatoms. The van der Waals surface area contributed by atoms with Crippen molar-refractivity contribution in [1.82, 2.24) is 0 Å². The predicted octanol–water partition coefficient (Wildman–Crippen LogP) is 4.18. The lowest BCUT2D eigenvalue weighted by atomic mass is 9.73. The maximum absolute atomic E-state index is 12.6. The molecular formula is C17H17Cl2NO3S. The van der Waals surface area contributed by atoms with Crippen molar-refractivity contribution in [3.8, 4) is 0 Å². The van der Waals surface area contributed by atoms with Crippen LogP contribution in [-0.2, 0) is 14.6 Å². The molecule has 1 aromatic rings. The largest absolute Gasteiger partial charge is 0.299 e. The molecule has 1 aliphatic heterocycles. The van der Waals surface area contributed by atoms with Crippen LogP contribution in [-0.4, -0.2) is 26.2 Å². The molecule has 2 atom stereocenters. The van der Waals surface area contributed by atoms with E-state index in [-0.39, 0.29) is 10.7 Å². The van der Waals surface area contributed by atoms with Crippen LogP contribution in [0.15, 0.2) is 33.8 Å². The number of Topliss-reactive ketones (excluding diaryl/α,β-unsaturated/α-hetero) is 1. The van der Waals surface area contributed by atoms with E-state index in [0.717, 1.165) is 18.4 Å². The Kier molecular flexibility index (Phi) is 4.62. The first-order valence-corrected chi connectivity index (χ1v) is 10.3. The summed E-state index contributed by atoms with van der Waals surface area (Å²) in [6.45, 7) is 1.68. The Morgan fingerprint density at radius 2 is 1.83 bits per heavy atom. The van der Waals surface area contributed by atoms with E-state index in [1.54, 1.807) is 25.1 Å². The summed E-state index contributed by atoms with van der Waals surface area (Å²) in [5.41, 5.74) is 1.90. The fraction of sp³-hybridized carbons (Fsp3) is 0.412. The van der Waals surface area contributed by atoms with E-state index in [4.69, 9.17) is 23.2 Å². The zero-order chi connectivity index (χ0) is 17.6. The Balaban J connectivity index is 2.26. The second-order valence-electron chi connectivity index (χ2n) is 6.27. The predicted molar refractivity (Wildman–Crippen MR) is 96.5 cm³/mol. The van der Waals surface area contributed by atoms with Crippen molar-refractivity contribution >= 4 is 44.5 Å². The van der Waals surface area contributed by atoms with Crippen LogP contribution < -0.4 is 0 Å². The number of carbonyl (C=O) groups is 1. The number of sulfone groups is 1. The van der Waals surface area contributed by atoms with Crippen molar-refractivity contribution in [2.75, 3.05) is 6.26 Å². The summed E-state index contributed by atoms with van der Waals surface area (Å²) in [6, 6.07) is 5.02. The molecule has 0 aromatic heterocycles. The number of carbonyl (C=O) groups excluding carboxylic acids is 1. The van der Waals surface area contributed by atoms with Gasteiger partial charge in [0.1, 0.15) is 5.78 Å². The monoisotopic (exact) mass is 385 g/mol. The van der Waals surface area contributed by atoms with Gasteiger partial charge in [-0.05, 0) is 37.5 Å². The number of benzene rings is 1. The molecular weight excluding hydrogens is 369 g/mol. The lowest BCUT2D eigenvalue weighted by molar-refractivity contribution is -0.121. The van der Waals surface area contributed by atoms with E-state index in [1.165, 1.54) is 0 Å². The number of ketones is 1. The summed E-state index contributed by atoms with van der Waals surface area (Å²) in [5, 5.41) is 0.730. The first-order chi connectivity index (χ1) is 11.2. The number of fused-ring (bicyclic) bond motifs is 1. The van der Waals surface area contributed by atoms with Crippen LogP contribution >= 0.6 is 23.2 Å². The zero-order valence-electron chi connectivity index (χ0n) is 13.3. The van der Waals surface area contributed by atoms with Crippen LogP contribution in [0.25, 0.3) is 0 Å². The van der Waals surface area contributed by atoms with Gasteiger partial charge in [0.05, 0.1) is 26.6 Å². The molecule has 2 aliphatic rings. The molecule has 2 unspecified atom stereocenters. The molecule has 3 rings (SSSR count). The standard InChI is InChI=1S/C17H17Cl2NO3S/c1-9-17(24(2,22)23)15(10-6-7-11(18)12(19)8-10)16-13(20-9)4-3-5-14(16)21/h6-8,15-16H,3-5H2,1-2H3. The zero-order valence-corrected chi connectivity index (χ0v) is 15.7. The molecule has 1 aliphatic carbocycles. The van der Waals surface area contributed by atoms with E-state index in [0.29, 0.717) is 34.1 Å². The fourth-order valence-corrected chi connectivity index (χ4v) is 5.26. The Labute approximate surface area is 151 Å². The van der Waals surface area contributed by atoms with E-state index in [9.17, 15) is 13.2 Å². The SMILES string of the molecule is CC1=C(S(C)(=O)=O)C(c2ccc(Cl)c(Cl)c2)C2C(=O)CCCC2=N1. The highest BCUT2D eigenvalue weighted by Crippen LogP contribution is 2.45. The summed E-state index contributed by atoms with van der Waals surface area (Å²) in [7, 11) is -3.53. The summed E-state index contributed by atoms with van der Waals surface area (Å²) in [4.78, 5) is 17.2.